The van der Waals surface area contributed by atoms with Gasteiger partial charge in [-0.25, -0.2) is 4.79 Å². The Morgan fingerprint density at radius 1 is 1.33 bits per heavy atom. The minimum Gasteiger partial charge on any atom is -0.445 e. The van der Waals surface area contributed by atoms with Crippen molar-refractivity contribution in [2.75, 3.05) is 32.1 Å². The first kappa shape index (κ1) is 18.6. The Bertz CT molecular complexity index is 538. The number of benzene rings is 1. The molecule has 0 aliphatic carbocycles. The molecule has 0 radical (unpaired) electrons. The molecule has 1 saturated heterocycles. The second kappa shape index (κ2) is 9.52. The predicted octanol–water partition coefficient (Wildman–Crippen LogP) is 3.12. The third kappa shape index (κ3) is 5.41. The number of carbonyl (C=O) groups excluding carboxylic acids is 2. The van der Waals surface area contributed by atoms with E-state index in [0.717, 1.165) is 24.9 Å². The summed E-state index contributed by atoms with van der Waals surface area (Å²) in [5.74, 6) is 0.259. The van der Waals surface area contributed by atoms with Gasteiger partial charge in [0.2, 0.25) is 5.91 Å². The highest BCUT2D eigenvalue weighted by Crippen LogP contribution is 2.18. The van der Waals surface area contributed by atoms with E-state index in [1.807, 2.05) is 37.3 Å². The highest BCUT2D eigenvalue weighted by molar-refractivity contribution is 6.27. The fraction of sp³-hybridized carbons (Fsp3) is 0.556. The summed E-state index contributed by atoms with van der Waals surface area (Å²) in [5.41, 5.74) is 0.971. The van der Waals surface area contributed by atoms with Gasteiger partial charge in [-0.3, -0.25) is 4.79 Å². The molecule has 6 heteroatoms. The van der Waals surface area contributed by atoms with Crippen molar-refractivity contribution in [1.29, 1.82) is 0 Å². The van der Waals surface area contributed by atoms with Gasteiger partial charge in [0.25, 0.3) is 0 Å². The van der Waals surface area contributed by atoms with Gasteiger partial charge in [-0.15, -0.1) is 11.6 Å². The van der Waals surface area contributed by atoms with Crippen LogP contribution in [0, 0.1) is 5.92 Å². The third-order valence-electron chi connectivity index (χ3n) is 4.31. The van der Waals surface area contributed by atoms with Crippen LogP contribution in [0.5, 0.6) is 0 Å². The van der Waals surface area contributed by atoms with Crippen LogP contribution in [-0.2, 0) is 16.1 Å². The van der Waals surface area contributed by atoms with Gasteiger partial charge >= 0.3 is 6.09 Å². The number of rotatable bonds is 6. The summed E-state index contributed by atoms with van der Waals surface area (Å²) in [7, 11) is 0. The van der Waals surface area contributed by atoms with E-state index in [1.165, 1.54) is 0 Å². The maximum Gasteiger partial charge on any atom is 0.410 e. The topological polar surface area (TPSA) is 49.9 Å². The van der Waals surface area contributed by atoms with Crippen LogP contribution >= 0.6 is 11.6 Å². The maximum atomic E-state index is 12.3. The summed E-state index contributed by atoms with van der Waals surface area (Å²) in [4.78, 5) is 27.6. The molecule has 1 fully saturated rings. The molecule has 1 aromatic rings. The van der Waals surface area contributed by atoms with Crippen molar-refractivity contribution >= 4 is 23.6 Å². The highest BCUT2D eigenvalue weighted by atomic mass is 35.5. The minimum atomic E-state index is -0.304. The largest absolute Gasteiger partial charge is 0.445 e. The van der Waals surface area contributed by atoms with Gasteiger partial charge in [-0.2, -0.15) is 0 Å². The molecule has 1 aliphatic rings. The number of likely N-dealkylation sites (tertiary alicyclic amines) is 1. The van der Waals surface area contributed by atoms with Crippen LogP contribution in [0.3, 0.4) is 0 Å². The van der Waals surface area contributed by atoms with Gasteiger partial charge in [-0.05, 0) is 31.2 Å². The number of carbonyl (C=O) groups is 2. The quantitative estimate of drug-likeness (QED) is 0.739. The lowest BCUT2D eigenvalue weighted by Gasteiger charge is -2.35. The van der Waals surface area contributed by atoms with E-state index in [2.05, 4.69) is 0 Å². The zero-order valence-electron chi connectivity index (χ0n) is 14.1. The molecule has 1 atom stereocenters. The van der Waals surface area contributed by atoms with E-state index in [1.54, 1.807) is 9.80 Å². The van der Waals surface area contributed by atoms with Crippen LogP contribution in [-0.4, -0.2) is 53.9 Å². The number of nitrogens with zero attached hydrogens (tertiary/aromatic N) is 2. The van der Waals surface area contributed by atoms with E-state index in [4.69, 9.17) is 16.3 Å². The summed E-state index contributed by atoms with van der Waals surface area (Å²) in [6.07, 6.45) is 1.65. The van der Waals surface area contributed by atoms with Crippen molar-refractivity contribution in [3.05, 3.63) is 35.9 Å². The standard InChI is InChI=1S/C18H25ClN2O3/c1-2-20(18(23)24-14-15-7-4-3-5-8-15)12-16-9-6-10-21(13-16)17(22)11-19/h3-5,7-8,16H,2,6,9-14H2,1H3/t16-/m0/s1. The first-order chi connectivity index (χ1) is 11.6. The van der Waals surface area contributed by atoms with Gasteiger partial charge < -0.3 is 14.5 Å². The van der Waals surface area contributed by atoms with Gasteiger partial charge in [0.1, 0.15) is 12.5 Å². The summed E-state index contributed by atoms with van der Waals surface area (Å²) in [6, 6.07) is 9.64. The Morgan fingerprint density at radius 3 is 2.75 bits per heavy atom. The Hall–Kier alpha value is -1.75. The minimum absolute atomic E-state index is 0.0172. The lowest BCUT2D eigenvalue weighted by molar-refractivity contribution is -0.130. The highest BCUT2D eigenvalue weighted by Gasteiger charge is 2.26. The summed E-state index contributed by atoms with van der Waals surface area (Å²) in [5, 5.41) is 0. The molecule has 1 aromatic carbocycles. The Kier molecular flexibility index (Phi) is 7.37. The average Bonchev–Trinajstić information content (AvgIpc) is 2.64. The fourth-order valence-electron chi connectivity index (χ4n) is 2.98. The smallest absolute Gasteiger partial charge is 0.410 e. The van der Waals surface area contributed by atoms with Crippen molar-refractivity contribution in [1.82, 2.24) is 9.80 Å². The second-order valence-electron chi connectivity index (χ2n) is 6.06. The Labute approximate surface area is 148 Å². The van der Waals surface area contributed by atoms with Crippen LogP contribution in [0.2, 0.25) is 0 Å². The molecule has 0 unspecified atom stereocenters. The van der Waals surface area contributed by atoms with Crippen LogP contribution < -0.4 is 0 Å². The van der Waals surface area contributed by atoms with E-state index >= 15 is 0 Å². The summed E-state index contributed by atoms with van der Waals surface area (Å²) < 4.78 is 5.40. The molecule has 132 valence electrons. The van der Waals surface area contributed by atoms with Gasteiger partial charge in [0.05, 0.1) is 0 Å². The lowest BCUT2D eigenvalue weighted by Crippen LogP contribution is -2.45. The molecular weight excluding hydrogens is 328 g/mol. The molecule has 1 aliphatic heterocycles. The van der Waals surface area contributed by atoms with Crippen molar-refractivity contribution < 1.29 is 14.3 Å². The maximum absolute atomic E-state index is 12.3. The molecule has 0 saturated carbocycles. The Balaban J connectivity index is 1.84. The number of ether oxygens (including phenoxy) is 1. The predicted molar refractivity (Wildman–Crippen MR) is 93.9 cm³/mol. The zero-order chi connectivity index (χ0) is 17.4. The first-order valence-electron chi connectivity index (χ1n) is 8.43. The van der Waals surface area contributed by atoms with Gasteiger partial charge in [0, 0.05) is 26.2 Å². The number of amides is 2. The van der Waals surface area contributed by atoms with Gasteiger partial charge in [0.15, 0.2) is 0 Å². The molecule has 5 nitrogen and oxygen atoms in total. The van der Waals surface area contributed by atoms with E-state index in [-0.39, 0.29) is 30.4 Å². The van der Waals surface area contributed by atoms with Crippen LogP contribution in [0.1, 0.15) is 25.3 Å². The van der Waals surface area contributed by atoms with E-state index in [9.17, 15) is 9.59 Å². The van der Waals surface area contributed by atoms with E-state index < -0.39 is 0 Å². The lowest BCUT2D eigenvalue weighted by atomic mass is 9.97. The molecule has 2 amide bonds. The first-order valence-corrected chi connectivity index (χ1v) is 8.96. The monoisotopic (exact) mass is 352 g/mol. The number of piperidine rings is 1. The molecule has 0 bridgehead atoms. The molecule has 0 aromatic heterocycles. The number of hydrogen-bond acceptors (Lipinski definition) is 3. The summed E-state index contributed by atoms with van der Waals surface area (Å²) >= 11 is 5.64. The zero-order valence-corrected chi connectivity index (χ0v) is 14.9. The second-order valence-corrected chi connectivity index (χ2v) is 6.33. The van der Waals surface area contributed by atoms with Crippen LogP contribution in [0.25, 0.3) is 0 Å². The van der Waals surface area contributed by atoms with Gasteiger partial charge in [-0.1, -0.05) is 30.3 Å². The van der Waals surface area contributed by atoms with Crippen molar-refractivity contribution in [2.24, 2.45) is 5.92 Å². The Morgan fingerprint density at radius 2 is 2.08 bits per heavy atom. The average molecular weight is 353 g/mol. The molecule has 0 N–H and O–H groups in total. The van der Waals surface area contributed by atoms with Crippen molar-refractivity contribution in [2.45, 2.75) is 26.4 Å². The normalized spacial score (nSPS) is 17.4. The third-order valence-corrected chi connectivity index (χ3v) is 4.54. The van der Waals surface area contributed by atoms with E-state index in [0.29, 0.717) is 19.6 Å². The molecule has 24 heavy (non-hydrogen) atoms. The molecule has 1 heterocycles. The van der Waals surface area contributed by atoms with Crippen molar-refractivity contribution in [3.63, 3.8) is 0 Å². The summed E-state index contributed by atoms with van der Waals surface area (Å²) in [6.45, 7) is 4.83. The number of halogens is 1. The fourth-order valence-corrected chi connectivity index (χ4v) is 3.15. The van der Waals surface area contributed by atoms with Crippen LogP contribution in [0.4, 0.5) is 4.79 Å². The van der Waals surface area contributed by atoms with Crippen LogP contribution in [0.15, 0.2) is 30.3 Å². The molecule has 2 rings (SSSR count). The number of alkyl halides is 1. The SMILES string of the molecule is CCN(C[C@@H]1CCCN(C(=O)CCl)C1)C(=O)OCc1ccccc1. The van der Waals surface area contributed by atoms with Crippen molar-refractivity contribution in [3.8, 4) is 0 Å². The number of hydrogen-bond donors (Lipinski definition) is 0. The molecule has 0 spiro atoms. The molecular formula is C18H25ClN2O3.